The number of nitrogens with zero attached hydrogens (tertiary/aromatic N) is 5. The number of halogens is 3. The van der Waals surface area contributed by atoms with Crippen molar-refractivity contribution >= 4 is 11.6 Å². The summed E-state index contributed by atoms with van der Waals surface area (Å²) in [7, 11) is 0. The molecule has 2 aromatic heterocycles. The largest absolute Gasteiger partial charge is 0.416 e. The van der Waals surface area contributed by atoms with E-state index in [9.17, 15) is 18.0 Å². The maximum Gasteiger partial charge on any atom is 0.416 e. The highest BCUT2D eigenvalue weighted by atomic mass is 19.4. The minimum Gasteiger partial charge on any atom is -0.368 e. The van der Waals surface area contributed by atoms with Crippen molar-refractivity contribution in [2.75, 3.05) is 31.1 Å². The average molecular weight is 477 g/mol. The lowest BCUT2D eigenvalue weighted by molar-refractivity contribution is -0.137. The molecular formula is C26H22F3N5O. The highest BCUT2D eigenvalue weighted by Crippen LogP contribution is 2.31. The summed E-state index contributed by atoms with van der Waals surface area (Å²) in [5, 5.41) is 4.68. The summed E-state index contributed by atoms with van der Waals surface area (Å²) in [6.07, 6.45) is 0.721. The molecule has 9 heteroatoms. The van der Waals surface area contributed by atoms with Gasteiger partial charge in [0, 0.05) is 56.0 Å². The van der Waals surface area contributed by atoms with Crippen molar-refractivity contribution in [1.82, 2.24) is 19.7 Å². The molecule has 6 nitrogen and oxygen atoms in total. The molecule has 4 aromatic rings. The molecule has 178 valence electrons. The lowest BCUT2D eigenvalue weighted by Gasteiger charge is -2.36. The zero-order valence-corrected chi connectivity index (χ0v) is 18.7. The summed E-state index contributed by atoms with van der Waals surface area (Å²) in [5.41, 5.74) is 2.64. The van der Waals surface area contributed by atoms with Crippen LogP contribution >= 0.6 is 0 Å². The van der Waals surface area contributed by atoms with Crippen LogP contribution < -0.4 is 4.90 Å². The molecular weight excluding hydrogens is 455 g/mol. The predicted octanol–water partition coefficient (Wildman–Crippen LogP) is 4.92. The van der Waals surface area contributed by atoms with Gasteiger partial charge in [-0.15, -0.1) is 0 Å². The van der Waals surface area contributed by atoms with Crippen LogP contribution in [0.2, 0.25) is 0 Å². The number of carbonyl (C=O) groups is 1. The highest BCUT2D eigenvalue weighted by molar-refractivity contribution is 6.00. The average Bonchev–Trinajstić information content (AvgIpc) is 3.35. The second-order valence-corrected chi connectivity index (χ2v) is 8.24. The van der Waals surface area contributed by atoms with E-state index in [1.54, 1.807) is 34.2 Å². The number of amides is 1. The number of piperazine rings is 1. The highest BCUT2D eigenvalue weighted by Gasteiger charge is 2.31. The standard InChI is InChI=1S/C26H22F3N5O/c27-26(28,29)20-8-10-21(11-9-20)32-13-15-33(16-14-32)25(35)23-18-34(22-6-2-1-3-7-22)31-24(23)19-5-4-12-30-17-19/h1-12,17-18H,13-16H2. The number of carbonyl (C=O) groups excluding carboxylic acids is 1. The molecule has 0 saturated carbocycles. The fourth-order valence-corrected chi connectivity index (χ4v) is 4.16. The molecule has 0 N–H and O–H groups in total. The molecule has 3 heterocycles. The van der Waals surface area contributed by atoms with E-state index in [-0.39, 0.29) is 5.91 Å². The van der Waals surface area contributed by atoms with E-state index in [2.05, 4.69) is 10.1 Å². The number of pyridine rings is 1. The van der Waals surface area contributed by atoms with Crippen LogP contribution in [0.3, 0.4) is 0 Å². The molecule has 0 bridgehead atoms. The maximum atomic E-state index is 13.5. The molecule has 1 aliphatic rings. The van der Waals surface area contributed by atoms with Crippen LogP contribution in [-0.2, 0) is 6.18 Å². The van der Waals surface area contributed by atoms with E-state index in [1.807, 2.05) is 41.3 Å². The number of alkyl halides is 3. The number of rotatable bonds is 4. The van der Waals surface area contributed by atoms with Crippen LogP contribution in [0.1, 0.15) is 15.9 Å². The Balaban J connectivity index is 1.36. The molecule has 1 aliphatic heterocycles. The molecule has 5 rings (SSSR count). The first kappa shape index (κ1) is 22.6. The first-order valence-electron chi connectivity index (χ1n) is 11.2. The summed E-state index contributed by atoms with van der Waals surface area (Å²) < 4.78 is 40.3. The Labute approximate surface area is 200 Å². The van der Waals surface area contributed by atoms with Crippen molar-refractivity contribution < 1.29 is 18.0 Å². The number of aromatic nitrogens is 3. The smallest absolute Gasteiger partial charge is 0.368 e. The van der Waals surface area contributed by atoms with Crippen molar-refractivity contribution in [1.29, 1.82) is 0 Å². The zero-order chi connectivity index (χ0) is 24.4. The van der Waals surface area contributed by atoms with Gasteiger partial charge in [0.2, 0.25) is 0 Å². The fraction of sp³-hybridized carbons (Fsp3) is 0.192. The van der Waals surface area contributed by atoms with Crippen LogP contribution in [0.25, 0.3) is 16.9 Å². The first-order chi connectivity index (χ1) is 16.9. The molecule has 0 atom stereocenters. The molecule has 35 heavy (non-hydrogen) atoms. The van der Waals surface area contributed by atoms with Crippen LogP contribution in [-0.4, -0.2) is 51.8 Å². The van der Waals surface area contributed by atoms with E-state index in [0.717, 1.165) is 23.4 Å². The van der Waals surface area contributed by atoms with Crippen LogP contribution in [0.4, 0.5) is 18.9 Å². The van der Waals surface area contributed by atoms with Gasteiger partial charge in [0.25, 0.3) is 5.91 Å². The Hall–Kier alpha value is -4.14. The third-order valence-corrected chi connectivity index (χ3v) is 6.03. The Bertz CT molecular complexity index is 1300. The second-order valence-electron chi connectivity index (χ2n) is 8.24. The summed E-state index contributed by atoms with van der Waals surface area (Å²) in [4.78, 5) is 21.5. The van der Waals surface area contributed by atoms with Gasteiger partial charge in [-0.05, 0) is 48.5 Å². The van der Waals surface area contributed by atoms with Gasteiger partial charge >= 0.3 is 6.18 Å². The van der Waals surface area contributed by atoms with Gasteiger partial charge in [0.05, 0.1) is 16.8 Å². The zero-order valence-electron chi connectivity index (χ0n) is 18.7. The number of anilines is 1. The van der Waals surface area contributed by atoms with Gasteiger partial charge < -0.3 is 9.80 Å². The van der Waals surface area contributed by atoms with E-state index < -0.39 is 11.7 Å². The Morgan fingerprint density at radius 3 is 2.17 bits per heavy atom. The number of para-hydroxylation sites is 1. The fourth-order valence-electron chi connectivity index (χ4n) is 4.16. The molecule has 1 fully saturated rings. The van der Waals surface area contributed by atoms with E-state index >= 15 is 0 Å². The molecule has 2 aromatic carbocycles. The molecule has 0 radical (unpaired) electrons. The Morgan fingerprint density at radius 1 is 0.829 bits per heavy atom. The molecule has 0 spiro atoms. The van der Waals surface area contributed by atoms with Gasteiger partial charge in [-0.25, -0.2) is 4.68 Å². The van der Waals surface area contributed by atoms with Gasteiger partial charge in [-0.1, -0.05) is 18.2 Å². The lowest BCUT2D eigenvalue weighted by atomic mass is 10.1. The number of benzene rings is 2. The Kier molecular flexibility index (Phi) is 5.98. The summed E-state index contributed by atoms with van der Waals surface area (Å²) in [6, 6.07) is 18.3. The SMILES string of the molecule is O=C(c1cn(-c2ccccc2)nc1-c1cccnc1)N1CCN(c2ccc(C(F)(F)F)cc2)CC1. The van der Waals surface area contributed by atoms with E-state index in [0.29, 0.717) is 43.1 Å². The molecule has 0 aliphatic carbocycles. The van der Waals surface area contributed by atoms with Crippen molar-refractivity contribution in [2.45, 2.75) is 6.18 Å². The Morgan fingerprint density at radius 2 is 1.54 bits per heavy atom. The molecule has 1 amide bonds. The molecule has 1 saturated heterocycles. The topological polar surface area (TPSA) is 54.3 Å². The van der Waals surface area contributed by atoms with E-state index in [4.69, 9.17) is 0 Å². The summed E-state index contributed by atoms with van der Waals surface area (Å²) in [5.74, 6) is -0.141. The predicted molar refractivity (Wildman–Crippen MR) is 126 cm³/mol. The van der Waals surface area contributed by atoms with Gasteiger partial charge in [0.1, 0.15) is 5.69 Å². The van der Waals surface area contributed by atoms with Crippen molar-refractivity contribution in [3.63, 3.8) is 0 Å². The van der Waals surface area contributed by atoms with Crippen LogP contribution in [0.5, 0.6) is 0 Å². The number of hydrogen-bond acceptors (Lipinski definition) is 4. The minimum atomic E-state index is -4.36. The van der Waals surface area contributed by atoms with E-state index in [1.165, 1.54) is 12.1 Å². The van der Waals surface area contributed by atoms with Gasteiger partial charge in [0.15, 0.2) is 0 Å². The monoisotopic (exact) mass is 477 g/mol. The molecule has 0 unspecified atom stereocenters. The summed E-state index contributed by atoms with van der Waals surface area (Å²) in [6.45, 7) is 1.93. The quantitative estimate of drug-likeness (QED) is 0.419. The summed E-state index contributed by atoms with van der Waals surface area (Å²) >= 11 is 0. The van der Waals surface area contributed by atoms with Crippen LogP contribution in [0.15, 0.2) is 85.3 Å². The lowest BCUT2D eigenvalue weighted by Crippen LogP contribution is -2.48. The third kappa shape index (κ3) is 4.75. The third-order valence-electron chi connectivity index (χ3n) is 6.03. The van der Waals surface area contributed by atoms with Crippen molar-refractivity contribution in [3.8, 4) is 16.9 Å². The first-order valence-corrected chi connectivity index (χ1v) is 11.2. The second kappa shape index (κ2) is 9.25. The van der Waals surface area contributed by atoms with Gasteiger partial charge in [-0.3, -0.25) is 9.78 Å². The van der Waals surface area contributed by atoms with Gasteiger partial charge in [-0.2, -0.15) is 18.3 Å². The normalized spacial score (nSPS) is 14.3. The maximum absolute atomic E-state index is 13.5. The minimum absolute atomic E-state index is 0.141. The van der Waals surface area contributed by atoms with Crippen molar-refractivity contribution in [3.05, 3.63) is 96.4 Å². The number of hydrogen-bond donors (Lipinski definition) is 0. The van der Waals surface area contributed by atoms with Crippen molar-refractivity contribution in [2.24, 2.45) is 0 Å². The van der Waals surface area contributed by atoms with Crippen LogP contribution in [0, 0.1) is 0 Å².